The SMILES string of the molecule is NNc1cccc(NCCc2ccc(F)cc2)n1. The molecule has 0 amide bonds. The molecule has 0 spiro atoms. The molecule has 1 aromatic heterocycles. The number of anilines is 2. The first-order valence-corrected chi connectivity index (χ1v) is 5.70. The number of aromatic nitrogens is 1. The van der Waals surface area contributed by atoms with Crippen LogP contribution in [0.3, 0.4) is 0 Å². The highest BCUT2D eigenvalue weighted by atomic mass is 19.1. The molecule has 2 aromatic rings. The Morgan fingerprint density at radius 3 is 2.50 bits per heavy atom. The number of benzene rings is 1. The van der Waals surface area contributed by atoms with Gasteiger partial charge in [0.25, 0.3) is 0 Å². The maximum absolute atomic E-state index is 12.7. The molecule has 0 bridgehead atoms. The lowest BCUT2D eigenvalue weighted by atomic mass is 10.1. The molecule has 1 aromatic carbocycles. The van der Waals surface area contributed by atoms with E-state index >= 15 is 0 Å². The third-order valence-electron chi connectivity index (χ3n) is 2.53. The number of nitrogens with zero attached hydrogens (tertiary/aromatic N) is 1. The molecule has 0 aliphatic carbocycles. The van der Waals surface area contributed by atoms with E-state index in [2.05, 4.69) is 15.7 Å². The van der Waals surface area contributed by atoms with E-state index in [1.807, 2.05) is 12.1 Å². The van der Waals surface area contributed by atoms with Crippen LogP contribution in [0.2, 0.25) is 0 Å². The van der Waals surface area contributed by atoms with E-state index in [0.717, 1.165) is 24.3 Å². The normalized spacial score (nSPS) is 10.1. The summed E-state index contributed by atoms with van der Waals surface area (Å²) in [6.07, 6.45) is 0.808. The second-order valence-corrected chi connectivity index (χ2v) is 3.86. The van der Waals surface area contributed by atoms with Gasteiger partial charge in [-0.15, -0.1) is 0 Å². The summed E-state index contributed by atoms with van der Waals surface area (Å²) in [5.74, 6) is 6.43. The summed E-state index contributed by atoms with van der Waals surface area (Å²) in [6, 6.07) is 12.0. The Morgan fingerprint density at radius 1 is 1.06 bits per heavy atom. The summed E-state index contributed by atoms with van der Waals surface area (Å²) in [4.78, 5) is 4.23. The molecule has 0 unspecified atom stereocenters. The highest BCUT2D eigenvalue weighted by Crippen LogP contribution is 2.08. The molecule has 0 saturated carbocycles. The van der Waals surface area contributed by atoms with Crippen LogP contribution < -0.4 is 16.6 Å². The molecule has 0 saturated heterocycles. The van der Waals surface area contributed by atoms with Crippen LogP contribution in [-0.2, 0) is 6.42 Å². The molecule has 18 heavy (non-hydrogen) atoms. The van der Waals surface area contributed by atoms with Crippen molar-refractivity contribution in [2.24, 2.45) is 5.84 Å². The maximum atomic E-state index is 12.7. The lowest BCUT2D eigenvalue weighted by molar-refractivity contribution is 0.627. The fourth-order valence-corrected chi connectivity index (χ4v) is 1.60. The summed E-state index contributed by atoms with van der Waals surface area (Å²) in [7, 11) is 0. The van der Waals surface area contributed by atoms with Gasteiger partial charge in [-0.2, -0.15) is 0 Å². The predicted octanol–water partition coefficient (Wildman–Crippen LogP) is 2.16. The second-order valence-electron chi connectivity index (χ2n) is 3.86. The Kier molecular flexibility index (Phi) is 4.09. The molecule has 94 valence electrons. The Labute approximate surface area is 105 Å². The van der Waals surface area contributed by atoms with Crippen molar-refractivity contribution in [3.05, 3.63) is 53.8 Å². The lowest BCUT2D eigenvalue weighted by Gasteiger charge is -2.07. The lowest BCUT2D eigenvalue weighted by Crippen LogP contribution is -2.11. The standard InChI is InChI=1S/C13H15FN4/c14-11-6-4-10(5-7-11)8-9-16-12-2-1-3-13(17-12)18-15/h1-7H,8-9,15H2,(H2,16,17,18). The van der Waals surface area contributed by atoms with Gasteiger partial charge in [0.15, 0.2) is 0 Å². The third-order valence-corrected chi connectivity index (χ3v) is 2.53. The third kappa shape index (κ3) is 3.43. The van der Waals surface area contributed by atoms with Crippen LogP contribution in [0.4, 0.5) is 16.0 Å². The predicted molar refractivity (Wildman–Crippen MR) is 70.6 cm³/mol. The van der Waals surface area contributed by atoms with E-state index in [9.17, 15) is 4.39 Å². The minimum atomic E-state index is -0.213. The van der Waals surface area contributed by atoms with Gasteiger partial charge in [0, 0.05) is 6.54 Å². The number of halogens is 1. The number of nitrogens with one attached hydrogen (secondary N) is 2. The molecular formula is C13H15FN4. The molecule has 5 heteroatoms. The Morgan fingerprint density at radius 2 is 1.78 bits per heavy atom. The van der Waals surface area contributed by atoms with Crippen molar-refractivity contribution in [2.45, 2.75) is 6.42 Å². The molecule has 2 rings (SSSR count). The maximum Gasteiger partial charge on any atom is 0.142 e. The average molecular weight is 246 g/mol. The molecule has 0 aliphatic heterocycles. The first kappa shape index (κ1) is 12.3. The van der Waals surface area contributed by atoms with Crippen LogP contribution >= 0.6 is 0 Å². The number of nitrogen functional groups attached to an aromatic ring is 1. The largest absolute Gasteiger partial charge is 0.370 e. The van der Waals surface area contributed by atoms with Crippen LogP contribution in [0.5, 0.6) is 0 Å². The summed E-state index contributed by atoms with van der Waals surface area (Å²) in [6.45, 7) is 0.729. The molecule has 0 radical (unpaired) electrons. The molecule has 1 heterocycles. The van der Waals surface area contributed by atoms with Gasteiger partial charge in [-0.3, -0.25) is 0 Å². The van der Waals surface area contributed by atoms with E-state index in [1.54, 1.807) is 18.2 Å². The topological polar surface area (TPSA) is 63.0 Å². The molecule has 0 fully saturated rings. The van der Waals surface area contributed by atoms with Crippen LogP contribution in [0.25, 0.3) is 0 Å². The molecule has 0 atom stereocenters. The smallest absolute Gasteiger partial charge is 0.142 e. The summed E-state index contributed by atoms with van der Waals surface area (Å²) < 4.78 is 12.7. The van der Waals surface area contributed by atoms with Crippen molar-refractivity contribution in [1.82, 2.24) is 4.98 Å². The first-order valence-electron chi connectivity index (χ1n) is 5.70. The van der Waals surface area contributed by atoms with Gasteiger partial charge < -0.3 is 10.7 Å². The van der Waals surface area contributed by atoms with Crippen LogP contribution in [0, 0.1) is 5.82 Å². The zero-order valence-electron chi connectivity index (χ0n) is 9.86. The van der Waals surface area contributed by atoms with Crippen molar-refractivity contribution in [2.75, 3.05) is 17.3 Å². The second kappa shape index (κ2) is 5.97. The quantitative estimate of drug-likeness (QED) is 0.559. The van der Waals surface area contributed by atoms with Crippen molar-refractivity contribution in [3.63, 3.8) is 0 Å². The van der Waals surface area contributed by atoms with Crippen molar-refractivity contribution in [3.8, 4) is 0 Å². The fraction of sp³-hybridized carbons (Fsp3) is 0.154. The van der Waals surface area contributed by atoms with E-state index < -0.39 is 0 Å². The molecular weight excluding hydrogens is 231 g/mol. The number of nitrogens with two attached hydrogens (primary N) is 1. The average Bonchev–Trinajstić information content (AvgIpc) is 2.41. The summed E-state index contributed by atoms with van der Waals surface area (Å²) >= 11 is 0. The van der Waals surface area contributed by atoms with Gasteiger partial charge in [-0.1, -0.05) is 18.2 Å². The van der Waals surface area contributed by atoms with Gasteiger partial charge >= 0.3 is 0 Å². The minimum absolute atomic E-state index is 0.213. The Hall–Kier alpha value is -2.14. The van der Waals surface area contributed by atoms with Gasteiger partial charge in [0.1, 0.15) is 17.5 Å². The first-order chi connectivity index (χ1) is 8.78. The Bertz CT molecular complexity index is 499. The van der Waals surface area contributed by atoms with E-state index in [4.69, 9.17) is 5.84 Å². The monoisotopic (exact) mass is 246 g/mol. The zero-order valence-corrected chi connectivity index (χ0v) is 9.86. The van der Waals surface area contributed by atoms with Crippen LogP contribution in [0.1, 0.15) is 5.56 Å². The van der Waals surface area contributed by atoms with E-state index in [-0.39, 0.29) is 5.82 Å². The molecule has 0 aliphatic rings. The number of hydrogen-bond donors (Lipinski definition) is 3. The Balaban J connectivity index is 1.86. The van der Waals surface area contributed by atoms with Gasteiger partial charge in [0.2, 0.25) is 0 Å². The minimum Gasteiger partial charge on any atom is -0.370 e. The van der Waals surface area contributed by atoms with Crippen molar-refractivity contribution in [1.29, 1.82) is 0 Å². The number of rotatable bonds is 5. The van der Waals surface area contributed by atoms with Crippen LogP contribution in [0.15, 0.2) is 42.5 Å². The summed E-state index contributed by atoms with van der Waals surface area (Å²) in [5.41, 5.74) is 3.57. The highest BCUT2D eigenvalue weighted by Gasteiger charge is 1.97. The molecule has 4 nitrogen and oxygen atoms in total. The fourth-order valence-electron chi connectivity index (χ4n) is 1.60. The number of hydrazine groups is 1. The van der Waals surface area contributed by atoms with Gasteiger partial charge in [-0.05, 0) is 36.2 Å². The highest BCUT2D eigenvalue weighted by molar-refractivity contribution is 5.44. The van der Waals surface area contributed by atoms with Gasteiger partial charge in [0.05, 0.1) is 0 Å². The molecule has 4 N–H and O–H groups in total. The van der Waals surface area contributed by atoms with Gasteiger partial charge in [-0.25, -0.2) is 15.2 Å². The number of pyridine rings is 1. The zero-order chi connectivity index (χ0) is 12.8. The summed E-state index contributed by atoms with van der Waals surface area (Å²) in [5, 5.41) is 3.18. The van der Waals surface area contributed by atoms with Crippen molar-refractivity contribution >= 4 is 11.6 Å². The van der Waals surface area contributed by atoms with E-state index in [1.165, 1.54) is 12.1 Å². The number of hydrogen-bond acceptors (Lipinski definition) is 4. The van der Waals surface area contributed by atoms with Crippen molar-refractivity contribution < 1.29 is 4.39 Å². The van der Waals surface area contributed by atoms with Crippen LogP contribution in [-0.4, -0.2) is 11.5 Å². The van der Waals surface area contributed by atoms with E-state index in [0.29, 0.717) is 5.82 Å².